The van der Waals surface area contributed by atoms with Crippen LogP contribution in [0.1, 0.15) is 38.3 Å². The number of methoxy groups -OCH3 is 1. The molecule has 2 aromatic carbocycles. The molecule has 0 radical (unpaired) electrons. The summed E-state index contributed by atoms with van der Waals surface area (Å²) in [4.78, 5) is 27.9. The molecule has 0 aliphatic heterocycles. The molecule has 0 saturated heterocycles. The van der Waals surface area contributed by atoms with Gasteiger partial charge in [-0.2, -0.15) is 0 Å². The average molecular weight is 431 g/mol. The SMILES string of the molecule is CCC(C(=O)NCC(C)C)N(Cc1cccc(OC)c1)C(=O)Cc1ccccc1Cl. The van der Waals surface area contributed by atoms with E-state index in [2.05, 4.69) is 5.32 Å². The molecule has 2 rings (SSSR count). The van der Waals surface area contributed by atoms with Crippen LogP contribution in [0.3, 0.4) is 0 Å². The highest BCUT2D eigenvalue weighted by Crippen LogP contribution is 2.21. The van der Waals surface area contributed by atoms with Crippen LogP contribution in [0.25, 0.3) is 0 Å². The van der Waals surface area contributed by atoms with Crippen LogP contribution in [0, 0.1) is 5.92 Å². The van der Waals surface area contributed by atoms with Crippen molar-refractivity contribution in [2.24, 2.45) is 5.92 Å². The average Bonchev–Trinajstić information content (AvgIpc) is 2.73. The maximum Gasteiger partial charge on any atom is 0.242 e. The normalized spacial score (nSPS) is 11.8. The molecule has 1 atom stereocenters. The highest BCUT2D eigenvalue weighted by Gasteiger charge is 2.29. The topological polar surface area (TPSA) is 58.6 Å². The van der Waals surface area contributed by atoms with Gasteiger partial charge in [0.1, 0.15) is 11.8 Å². The maximum absolute atomic E-state index is 13.3. The zero-order valence-electron chi connectivity index (χ0n) is 18.2. The van der Waals surface area contributed by atoms with E-state index in [0.29, 0.717) is 36.2 Å². The van der Waals surface area contributed by atoms with Gasteiger partial charge in [0.25, 0.3) is 0 Å². The fourth-order valence-corrected chi connectivity index (χ4v) is 3.42. The Labute approximate surface area is 184 Å². The molecule has 30 heavy (non-hydrogen) atoms. The van der Waals surface area contributed by atoms with Crippen LogP contribution in [-0.2, 0) is 22.6 Å². The van der Waals surface area contributed by atoms with Crippen LogP contribution >= 0.6 is 11.6 Å². The van der Waals surface area contributed by atoms with Crippen LogP contribution in [0.15, 0.2) is 48.5 Å². The molecule has 2 aromatic rings. The maximum atomic E-state index is 13.3. The fraction of sp³-hybridized carbons (Fsp3) is 0.417. The number of halogens is 1. The minimum absolute atomic E-state index is 0.137. The number of rotatable bonds is 10. The van der Waals surface area contributed by atoms with Crippen molar-refractivity contribution in [2.75, 3.05) is 13.7 Å². The Balaban J connectivity index is 2.30. The van der Waals surface area contributed by atoms with Gasteiger partial charge >= 0.3 is 0 Å². The van der Waals surface area contributed by atoms with Crippen molar-refractivity contribution in [3.8, 4) is 5.75 Å². The lowest BCUT2D eigenvalue weighted by atomic mass is 10.1. The van der Waals surface area contributed by atoms with Crippen molar-refractivity contribution < 1.29 is 14.3 Å². The summed E-state index contributed by atoms with van der Waals surface area (Å²) in [6, 6.07) is 14.3. The molecule has 5 nitrogen and oxygen atoms in total. The highest BCUT2D eigenvalue weighted by molar-refractivity contribution is 6.31. The van der Waals surface area contributed by atoms with Crippen LogP contribution in [0.4, 0.5) is 0 Å². The summed E-state index contributed by atoms with van der Waals surface area (Å²) in [6.07, 6.45) is 0.653. The number of nitrogens with zero attached hydrogens (tertiary/aromatic N) is 1. The molecule has 6 heteroatoms. The van der Waals surface area contributed by atoms with Gasteiger partial charge in [0.05, 0.1) is 13.5 Å². The minimum Gasteiger partial charge on any atom is -0.497 e. The lowest BCUT2D eigenvalue weighted by molar-refractivity contribution is -0.141. The zero-order chi connectivity index (χ0) is 22.1. The molecule has 0 aliphatic rings. The molecule has 1 N–H and O–H groups in total. The lowest BCUT2D eigenvalue weighted by Gasteiger charge is -2.31. The number of carbonyl (C=O) groups excluding carboxylic acids is 2. The second-order valence-electron chi connectivity index (χ2n) is 7.70. The van der Waals surface area contributed by atoms with Gasteiger partial charge in [-0.05, 0) is 41.7 Å². The Kier molecular flexibility index (Phi) is 9.18. The van der Waals surface area contributed by atoms with Crippen LogP contribution in [-0.4, -0.2) is 36.4 Å². The van der Waals surface area contributed by atoms with Crippen LogP contribution in [0.5, 0.6) is 5.75 Å². The number of amides is 2. The lowest BCUT2D eigenvalue weighted by Crippen LogP contribution is -2.50. The van der Waals surface area contributed by atoms with Gasteiger partial charge in [0.15, 0.2) is 0 Å². The van der Waals surface area contributed by atoms with E-state index < -0.39 is 6.04 Å². The Morgan fingerprint density at radius 2 is 1.87 bits per heavy atom. The summed E-state index contributed by atoms with van der Waals surface area (Å²) in [7, 11) is 1.60. The molecular formula is C24H31ClN2O3. The summed E-state index contributed by atoms with van der Waals surface area (Å²) in [5, 5.41) is 3.51. The standard InChI is InChI=1S/C24H31ClN2O3/c1-5-22(24(29)26-15-17(2)3)27(16-18-9-8-11-20(13-18)30-4)23(28)14-19-10-6-7-12-21(19)25/h6-13,17,22H,5,14-16H2,1-4H3,(H,26,29). The van der Waals surface area contributed by atoms with E-state index in [1.807, 2.05) is 63.2 Å². The van der Waals surface area contributed by atoms with Gasteiger partial charge in [-0.1, -0.05) is 62.7 Å². The fourth-order valence-electron chi connectivity index (χ4n) is 3.22. The van der Waals surface area contributed by atoms with Crippen molar-refractivity contribution >= 4 is 23.4 Å². The number of hydrogen-bond acceptors (Lipinski definition) is 3. The van der Waals surface area contributed by atoms with Gasteiger partial charge in [-0.3, -0.25) is 9.59 Å². The van der Waals surface area contributed by atoms with Crippen LogP contribution in [0.2, 0.25) is 5.02 Å². The number of hydrogen-bond donors (Lipinski definition) is 1. The highest BCUT2D eigenvalue weighted by atomic mass is 35.5. The van der Waals surface area contributed by atoms with E-state index in [4.69, 9.17) is 16.3 Å². The second-order valence-corrected chi connectivity index (χ2v) is 8.11. The summed E-state index contributed by atoms with van der Waals surface area (Å²) in [5.41, 5.74) is 1.65. The summed E-state index contributed by atoms with van der Waals surface area (Å²) in [6.45, 7) is 6.88. The summed E-state index contributed by atoms with van der Waals surface area (Å²) in [5.74, 6) is 0.763. The molecule has 0 heterocycles. The Morgan fingerprint density at radius 1 is 1.13 bits per heavy atom. The van der Waals surface area contributed by atoms with Gasteiger partial charge in [0.2, 0.25) is 11.8 Å². The number of nitrogens with one attached hydrogen (secondary N) is 1. The quantitative estimate of drug-likeness (QED) is 0.605. The monoisotopic (exact) mass is 430 g/mol. The van der Waals surface area contributed by atoms with Crippen molar-refractivity contribution in [3.05, 3.63) is 64.7 Å². The summed E-state index contributed by atoms with van der Waals surface area (Å²) < 4.78 is 5.31. The molecule has 1 unspecified atom stereocenters. The van der Waals surface area contributed by atoms with Crippen LogP contribution < -0.4 is 10.1 Å². The van der Waals surface area contributed by atoms with Crippen molar-refractivity contribution in [3.63, 3.8) is 0 Å². The van der Waals surface area contributed by atoms with E-state index >= 15 is 0 Å². The van der Waals surface area contributed by atoms with E-state index in [1.54, 1.807) is 18.1 Å². The molecule has 0 spiro atoms. The first kappa shape index (κ1) is 23.7. The molecule has 0 aromatic heterocycles. The molecule has 2 amide bonds. The van der Waals surface area contributed by atoms with Gasteiger partial charge < -0.3 is 15.0 Å². The summed E-state index contributed by atoms with van der Waals surface area (Å²) >= 11 is 6.27. The first-order chi connectivity index (χ1) is 14.3. The zero-order valence-corrected chi connectivity index (χ0v) is 18.9. The molecule has 162 valence electrons. The van der Waals surface area contributed by atoms with Gasteiger partial charge in [-0.25, -0.2) is 0 Å². The predicted octanol–water partition coefficient (Wildman–Crippen LogP) is 4.47. The van der Waals surface area contributed by atoms with Gasteiger partial charge in [0, 0.05) is 18.1 Å². The predicted molar refractivity (Wildman–Crippen MR) is 121 cm³/mol. The first-order valence-corrected chi connectivity index (χ1v) is 10.7. The van der Waals surface area contributed by atoms with E-state index in [-0.39, 0.29) is 18.2 Å². The molecule has 0 saturated carbocycles. The third-order valence-corrected chi connectivity index (χ3v) is 5.23. The number of ether oxygens (including phenoxy) is 1. The Morgan fingerprint density at radius 3 is 2.50 bits per heavy atom. The smallest absolute Gasteiger partial charge is 0.242 e. The Bertz CT molecular complexity index is 854. The largest absolute Gasteiger partial charge is 0.497 e. The van der Waals surface area contributed by atoms with E-state index in [0.717, 1.165) is 11.1 Å². The van der Waals surface area contributed by atoms with Crippen molar-refractivity contribution in [1.29, 1.82) is 0 Å². The third kappa shape index (κ3) is 6.77. The molecule has 0 fully saturated rings. The van der Waals surface area contributed by atoms with Gasteiger partial charge in [-0.15, -0.1) is 0 Å². The number of benzene rings is 2. The van der Waals surface area contributed by atoms with E-state index in [1.165, 1.54) is 0 Å². The Hall–Kier alpha value is -2.53. The second kappa shape index (κ2) is 11.6. The molecule has 0 aliphatic carbocycles. The third-order valence-electron chi connectivity index (χ3n) is 4.86. The minimum atomic E-state index is -0.565. The molecule has 0 bridgehead atoms. The first-order valence-electron chi connectivity index (χ1n) is 10.3. The molecular weight excluding hydrogens is 400 g/mol. The van der Waals surface area contributed by atoms with Crippen molar-refractivity contribution in [2.45, 2.75) is 46.2 Å². The van der Waals surface area contributed by atoms with E-state index in [9.17, 15) is 9.59 Å². The number of carbonyl (C=O) groups is 2. The van der Waals surface area contributed by atoms with Crippen molar-refractivity contribution in [1.82, 2.24) is 10.2 Å².